The van der Waals surface area contributed by atoms with Gasteiger partial charge in [0.2, 0.25) is 0 Å². The molecule has 5 heteroatoms. The standard InChI is InChI=1S/C10H10ClN3.ClH/c11-9-1-3-10(4-2-9)14-7-8(5-12)6-13-14;/h1-4,6-7H,5,12H2;1H. The molecule has 0 spiro atoms. The molecule has 2 rings (SSSR count). The van der Waals surface area contributed by atoms with Crippen LogP contribution in [0.3, 0.4) is 0 Å². The molecular formula is C10H11Cl2N3. The molecule has 1 heterocycles. The topological polar surface area (TPSA) is 43.8 Å². The second kappa shape index (κ2) is 5.16. The third kappa shape index (κ3) is 2.72. The van der Waals surface area contributed by atoms with E-state index in [0.29, 0.717) is 6.54 Å². The lowest BCUT2D eigenvalue weighted by atomic mass is 10.3. The Kier molecular flexibility index (Phi) is 4.15. The summed E-state index contributed by atoms with van der Waals surface area (Å²) in [6, 6.07) is 7.49. The van der Waals surface area contributed by atoms with E-state index in [1.807, 2.05) is 30.5 Å². The van der Waals surface area contributed by atoms with Crippen molar-refractivity contribution in [1.29, 1.82) is 0 Å². The predicted molar refractivity (Wildman–Crippen MR) is 63.7 cm³/mol. The molecule has 0 aliphatic heterocycles. The molecule has 1 aromatic heterocycles. The summed E-state index contributed by atoms with van der Waals surface area (Å²) in [5.41, 5.74) is 7.49. The first-order chi connectivity index (χ1) is 6.79. The monoisotopic (exact) mass is 243 g/mol. The maximum Gasteiger partial charge on any atom is 0.0646 e. The number of halogens is 2. The van der Waals surface area contributed by atoms with Crippen molar-refractivity contribution in [2.24, 2.45) is 5.73 Å². The minimum absolute atomic E-state index is 0. The van der Waals surface area contributed by atoms with Gasteiger partial charge in [-0.2, -0.15) is 5.10 Å². The average molecular weight is 244 g/mol. The van der Waals surface area contributed by atoms with Crippen molar-refractivity contribution < 1.29 is 0 Å². The van der Waals surface area contributed by atoms with Gasteiger partial charge in [-0.1, -0.05) is 11.6 Å². The van der Waals surface area contributed by atoms with Crippen LogP contribution in [-0.2, 0) is 6.54 Å². The first kappa shape index (κ1) is 12.0. The van der Waals surface area contributed by atoms with Gasteiger partial charge < -0.3 is 5.73 Å². The summed E-state index contributed by atoms with van der Waals surface area (Å²) in [6.07, 6.45) is 3.66. The summed E-state index contributed by atoms with van der Waals surface area (Å²) < 4.78 is 1.78. The minimum atomic E-state index is 0. The summed E-state index contributed by atoms with van der Waals surface area (Å²) in [5.74, 6) is 0. The van der Waals surface area contributed by atoms with Crippen LogP contribution in [-0.4, -0.2) is 9.78 Å². The lowest BCUT2D eigenvalue weighted by molar-refractivity contribution is 0.879. The van der Waals surface area contributed by atoms with Crippen molar-refractivity contribution >= 4 is 24.0 Å². The highest BCUT2D eigenvalue weighted by Crippen LogP contribution is 2.13. The van der Waals surface area contributed by atoms with Gasteiger partial charge in [-0.05, 0) is 24.3 Å². The van der Waals surface area contributed by atoms with Crippen LogP contribution in [0.15, 0.2) is 36.7 Å². The van der Waals surface area contributed by atoms with E-state index >= 15 is 0 Å². The number of rotatable bonds is 2. The third-order valence-electron chi connectivity index (χ3n) is 1.96. The fourth-order valence-corrected chi connectivity index (χ4v) is 1.33. The summed E-state index contributed by atoms with van der Waals surface area (Å²) in [5, 5.41) is 4.90. The van der Waals surface area contributed by atoms with Crippen LogP contribution in [0.1, 0.15) is 5.56 Å². The Labute approximate surface area is 99.3 Å². The van der Waals surface area contributed by atoms with Gasteiger partial charge in [0.15, 0.2) is 0 Å². The number of hydrogen-bond acceptors (Lipinski definition) is 2. The van der Waals surface area contributed by atoms with Crippen LogP contribution >= 0.6 is 24.0 Å². The molecule has 80 valence electrons. The highest BCUT2D eigenvalue weighted by molar-refractivity contribution is 6.30. The van der Waals surface area contributed by atoms with E-state index < -0.39 is 0 Å². The van der Waals surface area contributed by atoms with Gasteiger partial charge in [-0.3, -0.25) is 0 Å². The van der Waals surface area contributed by atoms with E-state index in [1.165, 1.54) is 0 Å². The van der Waals surface area contributed by atoms with Crippen LogP contribution in [0.5, 0.6) is 0 Å². The normalized spacial score (nSPS) is 9.73. The molecule has 0 aliphatic rings. The molecule has 0 radical (unpaired) electrons. The van der Waals surface area contributed by atoms with E-state index in [4.69, 9.17) is 17.3 Å². The maximum atomic E-state index is 5.78. The quantitative estimate of drug-likeness (QED) is 0.881. The van der Waals surface area contributed by atoms with Crippen LogP contribution in [0, 0.1) is 0 Å². The van der Waals surface area contributed by atoms with Gasteiger partial charge in [-0.25, -0.2) is 4.68 Å². The van der Waals surface area contributed by atoms with Crippen molar-refractivity contribution in [2.45, 2.75) is 6.54 Å². The highest BCUT2D eigenvalue weighted by Gasteiger charge is 1.98. The lowest BCUT2D eigenvalue weighted by Gasteiger charge is -1.99. The molecule has 0 saturated heterocycles. The molecule has 1 aromatic carbocycles. The van der Waals surface area contributed by atoms with Crippen LogP contribution < -0.4 is 5.73 Å². The zero-order valence-corrected chi connectivity index (χ0v) is 9.50. The van der Waals surface area contributed by atoms with Gasteiger partial charge >= 0.3 is 0 Å². The van der Waals surface area contributed by atoms with Crippen molar-refractivity contribution in [2.75, 3.05) is 0 Å². The van der Waals surface area contributed by atoms with Gasteiger partial charge in [0.05, 0.1) is 11.9 Å². The first-order valence-electron chi connectivity index (χ1n) is 4.29. The molecule has 2 N–H and O–H groups in total. The van der Waals surface area contributed by atoms with Crippen molar-refractivity contribution in [3.8, 4) is 5.69 Å². The minimum Gasteiger partial charge on any atom is -0.326 e. The van der Waals surface area contributed by atoms with Crippen LogP contribution in [0.25, 0.3) is 5.69 Å². The zero-order valence-electron chi connectivity index (χ0n) is 7.93. The molecular weight excluding hydrogens is 233 g/mol. The van der Waals surface area contributed by atoms with Gasteiger partial charge in [-0.15, -0.1) is 12.4 Å². The summed E-state index contributed by atoms with van der Waals surface area (Å²) in [6.45, 7) is 0.508. The molecule has 0 atom stereocenters. The molecule has 3 nitrogen and oxygen atoms in total. The largest absolute Gasteiger partial charge is 0.326 e. The van der Waals surface area contributed by atoms with E-state index in [-0.39, 0.29) is 12.4 Å². The van der Waals surface area contributed by atoms with Gasteiger partial charge in [0.25, 0.3) is 0 Å². The summed E-state index contributed by atoms with van der Waals surface area (Å²) in [4.78, 5) is 0. The molecule has 0 amide bonds. The van der Waals surface area contributed by atoms with Crippen molar-refractivity contribution in [3.05, 3.63) is 47.2 Å². The molecule has 15 heavy (non-hydrogen) atoms. The van der Waals surface area contributed by atoms with Crippen LogP contribution in [0.2, 0.25) is 5.02 Å². The molecule has 2 aromatic rings. The Morgan fingerprint density at radius 3 is 2.47 bits per heavy atom. The SMILES string of the molecule is Cl.NCc1cnn(-c2ccc(Cl)cc2)c1. The molecule has 0 aliphatic carbocycles. The Morgan fingerprint density at radius 1 is 1.27 bits per heavy atom. The first-order valence-corrected chi connectivity index (χ1v) is 4.67. The fraction of sp³-hybridized carbons (Fsp3) is 0.100. The van der Waals surface area contributed by atoms with E-state index in [1.54, 1.807) is 10.9 Å². The zero-order chi connectivity index (χ0) is 9.97. The Hall–Kier alpha value is -1.03. The van der Waals surface area contributed by atoms with Crippen molar-refractivity contribution in [3.63, 3.8) is 0 Å². The highest BCUT2D eigenvalue weighted by atomic mass is 35.5. The molecule has 0 fully saturated rings. The number of nitrogens with two attached hydrogens (primary N) is 1. The molecule has 0 saturated carbocycles. The second-order valence-corrected chi connectivity index (χ2v) is 3.41. The number of hydrogen-bond donors (Lipinski definition) is 1. The Balaban J connectivity index is 0.00000112. The Morgan fingerprint density at radius 2 is 1.93 bits per heavy atom. The third-order valence-corrected chi connectivity index (χ3v) is 2.21. The average Bonchev–Trinajstić information content (AvgIpc) is 2.67. The molecule has 0 unspecified atom stereocenters. The van der Waals surface area contributed by atoms with E-state index in [2.05, 4.69) is 5.10 Å². The van der Waals surface area contributed by atoms with Crippen molar-refractivity contribution in [1.82, 2.24) is 9.78 Å². The number of aromatic nitrogens is 2. The second-order valence-electron chi connectivity index (χ2n) is 2.97. The predicted octanol–water partition coefficient (Wildman–Crippen LogP) is 2.41. The molecule has 0 bridgehead atoms. The maximum absolute atomic E-state index is 5.78. The van der Waals surface area contributed by atoms with Gasteiger partial charge in [0, 0.05) is 23.3 Å². The van der Waals surface area contributed by atoms with Crippen LogP contribution in [0.4, 0.5) is 0 Å². The lowest BCUT2D eigenvalue weighted by Crippen LogP contribution is -1.95. The smallest absolute Gasteiger partial charge is 0.0646 e. The van der Waals surface area contributed by atoms with E-state index in [9.17, 15) is 0 Å². The van der Waals surface area contributed by atoms with E-state index in [0.717, 1.165) is 16.3 Å². The number of benzene rings is 1. The fourth-order valence-electron chi connectivity index (χ4n) is 1.20. The van der Waals surface area contributed by atoms with Gasteiger partial charge in [0.1, 0.15) is 0 Å². The summed E-state index contributed by atoms with van der Waals surface area (Å²) in [7, 11) is 0. The Bertz CT molecular complexity index is 422. The summed E-state index contributed by atoms with van der Waals surface area (Å²) >= 11 is 5.78. The number of nitrogens with zero attached hydrogens (tertiary/aromatic N) is 2.